The highest BCUT2D eigenvalue weighted by molar-refractivity contribution is 8.16. The van der Waals surface area contributed by atoms with Crippen LogP contribution in [0.25, 0.3) is 0 Å². The second kappa shape index (κ2) is 7.45. The zero-order valence-electron chi connectivity index (χ0n) is 10.2. The van der Waals surface area contributed by atoms with Crippen LogP contribution in [-0.2, 0) is 6.42 Å². The Labute approximate surface area is 115 Å². The molecule has 0 saturated carbocycles. The molecule has 0 unspecified atom stereocenters. The Morgan fingerprint density at radius 2 is 1.69 bits per heavy atom. The van der Waals surface area contributed by atoms with Crippen molar-refractivity contribution >= 4 is 37.9 Å². The first-order chi connectivity index (χ1) is 7.38. The molecule has 0 aliphatic rings. The van der Waals surface area contributed by atoms with Gasteiger partial charge in [-0.15, -0.1) is 0 Å². The quantitative estimate of drug-likeness (QED) is 0.581. The van der Waals surface area contributed by atoms with Gasteiger partial charge in [0.2, 0.25) is 0 Å². The molecule has 0 aliphatic carbocycles. The summed E-state index contributed by atoms with van der Waals surface area (Å²) in [4.78, 5) is 8.57. The summed E-state index contributed by atoms with van der Waals surface area (Å²) in [5.74, 6) is 0.407. The van der Waals surface area contributed by atoms with Crippen molar-refractivity contribution in [2.45, 2.75) is 43.4 Å². The fourth-order valence-electron chi connectivity index (χ4n) is 0.997. The van der Waals surface area contributed by atoms with Gasteiger partial charge in [-0.2, -0.15) is 37.9 Å². The van der Waals surface area contributed by atoms with Crippen LogP contribution in [-0.4, -0.2) is 13.4 Å². The third-order valence-electron chi connectivity index (χ3n) is 1.74. The van der Waals surface area contributed by atoms with Gasteiger partial charge >= 0.3 is 0 Å². The van der Waals surface area contributed by atoms with Crippen LogP contribution in [0.2, 0.25) is 0 Å². The molecule has 0 saturated heterocycles. The van der Waals surface area contributed by atoms with Crippen molar-refractivity contribution in [1.82, 2.24) is 9.97 Å². The Morgan fingerprint density at radius 1 is 1.12 bits per heavy atom. The summed E-state index contributed by atoms with van der Waals surface area (Å²) in [7, 11) is 0. The summed E-state index contributed by atoms with van der Waals surface area (Å²) >= 11 is 12.6. The molecule has 0 aromatic carbocycles. The van der Waals surface area contributed by atoms with Crippen LogP contribution in [0.5, 0.6) is 0 Å². The molecule has 0 amide bonds. The molecule has 0 spiro atoms. The highest BCUT2D eigenvalue weighted by atomic mass is 32.2. The minimum atomic E-state index is -0.631. The van der Waals surface area contributed by atoms with Crippen molar-refractivity contribution in [3.8, 4) is 0 Å². The minimum Gasteiger partial charge on any atom is -0.258 e. The second-order valence-corrected chi connectivity index (χ2v) is 6.89. The summed E-state index contributed by atoms with van der Waals surface area (Å²) in [5, 5.41) is 0. The van der Waals surface area contributed by atoms with Crippen LogP contribution in [0.15, 0.2) is 12.4 Å². The zero-order chi connectivity index (χ0) is 12.8. The third-order valence-corrected chi connectivity index (χ3v) is 2.21. The summed E-state index contributed by atoms with van der Waals surface area (Å²) in [6.45, 7) is 8.17. The molecule has 0 radical (unpaired) electrons. The van der Waals surface area contributed by atoms with Gasteiger partial charge in [0.1, 0.15) is 3.41 Å². The summed E-state index contributed by atoms with van der Waals surface area (Å²) in [6, 6.07) is 0. The van der Waals surface area contributed by atoms with Gasteiger partial charge in [-0.25, -0.2) is 0 Å². The molecule has 1 aromatic rings. The van der Waals surface area contributed by atoms with Crippen molar-refractivity contribution < 1.29 is 0 Å². The SMILES string of the molecule is CC.CC(C)c1cnc(CC(S)(S)S)cn1. The normalized spacial score (nSPS) is 11.0. The first kappa shape index (κ1) is 16.1. The highest BCUT2D eigenvalue weighted by Crippen LogP contribution is 2.27. The van der Waals surface area contributed by atoms with Crippen molar-refractivity contribution in [3.63, 3.8) is 0 Å². The van der Waals surface area contributed by atoms with Crippen LogP contribution in [0.1, 0.15) is 45.0 Å². The van der Waals surface area contributed by atoms with E-state index in [1.807, 2.05) is 13.8 Å². The van der Waals surface area contributed by atoms with Gasteiger partial charge in [0.15, 0.2) is 0 Å². The molecule has 0 bridgehead atoms. The number of hydrogen-bond acceptors (Lipinski definition) is 5. The van der Waals surface area contributed by atoms with E-state index >= 15 is 0 Å². The summed E-state index contributed by atoms with van der Waals surface area (Å²) < 4.78 is -0.631. The van der Waals surface area contributed by atoms with E-state index in [-0.39, 0.29) is 0 Å². The van der Waals surface area contributed by atoms with E-state index in [1.165, 1.54) is 0 Å². The Balaban J connectivity index is 0.00000106. The van der Waals surface area contributed by atoms with E-state index in [4.69, 9.17) is 0 Å². The molecule has 1 aromatic heterocycles. The van der Waals surface area contributed by atoms with Crippen LogP contribution >= 0.6 is 37.9 Å². The molecular formula is C11H20N2S3. The topological polar surface area (TPSA) is 25.8 Å². The lowest BCUT2D eigenvalue weighted by Gasteiger charge is -2.14. The maximum atomic E-state index is 4.30. The number of thiol groups is 3. The van der Waals surface area contributed by atoms with Crippen molar-refractivity contribution in [2.24, 2.45) is 0 Å². The molecule has 0 N–H and O–H groups in total. The van der Waals surface area contributed by atoms with Gasteiger partial charge in [0.05, 0.1) is 11.4 Å². The molecular weight excluding hydrogens is 256 g/mol. The van der Waals surface area contributed by atoms with Crippen molar-refractivity contribution in [2.75, 3.05) is 0 Å². The van der Waals surface area contributed by atoms with Crippen LogP contribution in [0.3, 0.4) is 0 Å². The van der Waals surface area contributed by atoms with E-state index in [9.17, 15) is 0 Å². The third kappa shape index (κ3) is 6.66. The smallest absolute Gasteiger partial charge is 0.104 e. The zero-order valence-corrected chi connectivity index (χ0v) is 12.9. The molecule has 0 atom stereocenters. The largest absolute Gasteiger partial charge is 0.258 e. The lowest BCUT2D eigenvalue weighted by Crippen LogP contribution is -2.09. The van der Waals surface area contributed by atoms with Crippen molar-refractivity contribution in [3.05, 3.63) is 23.8 Å². The van der Waals surface area contributed by atoms with Gasteiger partial charge < -0.3 is 0 Å². The summed E-state index contributed by atoms with van der Waals surface area (Å²) in [5.41, 5.74) is 1.85. The van der Waals surface area contributed by atoms with Crippen LogP contribution < -0.4 is 0 Å². The lowest BCUT2D eigenvalue weighted by molar-refractivity contribution is 0.799. The Hall–Kier alpha value is 0.130. The van der Waals surface area contributed by atoms with E-state index in [0.717, 1.165) is 11.4 Å². The van der Waals surface area contributed by atoms with E-state index in [0.29, 0.717) is 12.3 Å². The van der Waals surface area contributed by atoms with Gasteiger partial charge in [-0.05, 0) is 5.92 Å². The molecule has 2 nitrogen and oxygen atoms in total. The Morgan fingerprint density at radius 3 is 2.00 bits per heavy atom. The van der Waals surface area contributed by atoms with E-state index in [2.05, 4.69) is 61.7 Å². The van der Waals surface area contributed by atoms with Gasteiger partial charge in [0, 0.05) is 18.8 Å². The number of aromatic nitrogens is 2. The maximum Gasteiger partial charge on any atom is 0.104 e. The lowest BCUT2D eigenvalue weighted by atomic mass is 10.1. The fourth-order valence-corrected chi connectivity index (χ4v) is 1.48. The van der Waals surface area contributed by atoms with Gasteiger partial charge in [0.25, 0.3) is 0 Å². The first-order valence-corrected chi connectivity index (χ1v) is 6.70. The predicted octanol–water partition coefficient (Wildman–Crippen LogP) is 3.61. The predicted molar refractivity (Wildman–Crippen MR) is 80.9 cm³/mol. The standard InChI is InChI=1S/C9H14N2S3.C2H6/c1-6(2)8-5-10-7(4-11-8)3-9(12,13)14;1-2/h4-6,12-14H,3H2,1-2H3;1-2H3. The van der Waals surface area contributed by atoms with Crippen LogP contribution in [0, 0.1) is 0 Å². The molecule has 92 valence electrons. The molecule has 16 heavy (non-hydrogen) atoms. The van der Waals surface area contributed by atoms with Crippen molar-refractivity contribution in [1.29, 1.82) is 0 Å². The first-order valence-electron chi connectivity index (χ1n) is 5.36. The molecule has 1 rings (SSSR count). The number of rotatable bonds is 3. The monoisotopic (exact) mass is 276 g/mol. The minimum absolute atomic E-state index is 0.407. The summed E-state index contributed by atoms with van der Waals surface area (Å²) in [6.07, 6.45) is 4.13. The second-order valence-electron chi connectivity index (χ2n) is 3.54. The molecule has 0 aliphatic heterocycles. The van der Waals surface area contributed by atoms with E-state index in [1.54, 1.807) is 12.4 Å². The Kier molecular flexibility index (Phi) is 7.52. The highest BCUT2D eigenvalue weighted by Gasteiger charge is 2.15. The maximum absolute atomic E-state index is 4.30. The number of nitrogens with zero attached hydrogens (tertiary/aromatic N) is 2. The molecule has 1 heterocycles. The average molecular weight is 276 g/mol. The van der Waals surface area contributed by atoms with E-state index < -0.39 is 3.41 Å². The Bertz CT molecular complexity index is 291. The molecule has 0 fully saturated rings. The fraction of sp³-hybridized carbons (Fsp3) is 0.636. The van der Waals surface area contributed by atoms with Crippen LogP contribution in [0.4, 0.5) is 0 Å². The van der Waals surface area contributed by atoms with Gasteiger partial charge in [-0.1, -0.05) is 27.7 Å². The van der Waals surface area contributed by atoms with Gasteiger partial charge in [-0.3, -0.25) is 9.97 Å². The molecule has 5 heteroatoms. The average Bonchev–Trinajstić information content (AvgIpc) is 2.19. The number of hydrogen-bond donors (Lipinski definition) is 3.